The van der Waals surface area contributed by atoms with E-state index in [0.717, 1.165) is 13.3 Å². The van der Waals surface area contributed by atoms with Gasteiger partial charge in [-0.3, -0.25) is 9.59 Å². The average molecular weight is 562 g/mol. The van der Waals surface area contributed by atoms with Crippen molar-refractivity contribution in [2.75, 3.05) is 11.9 Å². The van der Waals surface area contributed by atoms with Gasteiger partial charge in [-0.1, -0.05) is 61.7 Å². The van der Waals surface area contributed by atoms with E-state index in [9.17, 15) is 22.8 Å². The molecule has 1 saturated carbocycles. The monoisotopic (exact) mass is 561 g/mol. The number of unbranched alkanes of at least 4 members (excludes halogenated alkanes) is 1. The number of hydrogen-bond donors (Lipinski definition) is 1. The zero-order valence-electron chi connectivity index (χ0n) is 20.5. The first-order chi connectivity index (χ1) is 17.4. The predicted molar refractivity (Wildman–Crippen MR) is 136 cm³/mol. The normalized spacial score (nSPS) is 17.0. The average Bonchev–Trinajstić information content (AvgIpc) is 3.58. The second-order valence-electron chi connectivity index (χ2n) is 9.45. The summed E-state index contributed by atoms with van der Waals surface area (Å²) < 4.78 is 61.5. The van der Waals surface area contributed by atoms with Gasteiger partial charge in [0.25, 0.3) is 0 Å². The molecule has 3 atom stereocenters. The Balaban J connectivity index is 1.88. The van der Waals surface area contributed by atoms with Gasteiger partial charge in [-0.15, -0.1) is 0 Å². The Morgan fingerprint density at radius 3 is 2.27 bits per heavy atom. The number of anilines is 1. The summed E-state index contributed by atoms with van der Waals surface area (Å²) in [5.41, 5.74) is -1.03. The smallest absolute Gasteiger partial charge is 0.392 e. The maximum atomic E-state index is 15.2. The van der Waals surface area contributed by atoms with Gasteiger partial charge in [0.2, 0.25) is 5.91 Å². The quantitative estimate of drug-likeness (QED) is 0.171. The number of carbonyl (C=O) groups is 2. The first-order valence-corrected chi connectivity index (χ1v) is 12.9. The van der Waals surface area contributed by atoms with Crippen LogP contribution in [-0.4, -0.2) is 30.3 Å². The highest BCUT2D eigenvalue weighted by atomic mass is 35.5. The number of ether oxygens (including phenoxy) is 1. The molecule has 37 heavy (non-hydrogen) atoms. The molecular weight excluding hydrogens is 533 g/mol. The number of alkyl halides is 4. The number of esters is 1. The summed E-state index contributed by atoms with van der Waals surface area (Å²) in [5.74, 6) is -5.90. The van der Waals surface area contributed by atoms with Crippen molar-refractivity contribution in [3.63, 3.8) is 0 Å². The van der Waals surface area contributed by atoms with Crippen molar-refractivity contribution < 1.29 is 31.9 Å². The lowest BCUT2D eigenvalue weighted by molar-refractivity contribution is -0.178. The summed E-state index contributed by atoms with van der Waals surface area (Å²) in [4.78, 5) is 25.5. The van der Waals surface area contributed by atoms with Gasteiger partial charge >= 0.3 is 12.1 Å². The van der Waals surface area contributed by atoms with Gasteiger partial charge in [0.1, 0.15) is 5.67 Å². The molecule has 10 heteroatoms. The number of hydrogen-bond acceptors (Lipinski definition) is 3. The molecule has 0 aromatic heterocycles. The van der Waals surface area contributed by atoms with E-state index < -0.39 is 41.5 Å². The summed E-state index contributed by atoms with van der Waals surface area (Å²) >= 11 is 12.1. The molecule has 1 N–H and O–H groups in total. The molecular formula is C27H29Cl2F4NO3. The molecule has 3 rings (SSSR count). The summed E-state index contributed by atoms with van der Waals surface area (Å²) in [5, 5.41) is 2.88. The van der Waals surface area contributed by atoms with E-state index in [4.69, 9.17) is 27.9 Å². The van der Waals surface area contributed by atoms with Crippen LogP contribution in [0.5, 0.6) is 0 Å². The minimum absolute atomic E-state index is 0.0334. The summed E-state index contributed by atoms with van der Waals surface area (Å²) in [7, 11) is 0. The molecule has 3 unspecified atom stereocenters. The van der Waals surface area contributed by atoms with E-state index in [1.54, 1.807) is 6.07 Å². The van der Waals surface area contributed by atoms with E-state index in [0.29, 0.717) is 17.0 Å². The number of halogens is 6. The Morgan fingerprint density at radius 1 is 1.08 bits per heavy atom. The van der Waals surface area contributed by atoms with Crippen molar-refractivity contribution in [3.8, 4) is 0 Å². The van der Waals surface area contributed by atoms with E-state index in [-0.39, 0.29) is 42.1 Å². The van der Waals surface area contributed by atoms with Crippen molar-refractivity contribution in [2.45, 2.75) is 69.6 Å². The first kappa shape index (κ1) is 29.2. The number of carbonyl (C=O) groups excluding carboxylic acids is 2. The van der Waals surface area contributed by atoms with Crippen molar-refractivity contribution in [3.05, 3.63) is 63.6 Å². The molecule has 0 aliphatic heterocycles. The lowest BCUT2D eigenvalue weighted by atomic mass is 9.85. The third-order valence-electron chi connectivity index (χ3n) is 6.66. The zero-order valence-corrected chi connectivity index (χ0v) is 22.0. The van der Waals surface area contributed by atoms with Crippen LogP contribution in [0.1, 0.15) is 68.9 Å². The van der Waals surface area contributed by atoms with E-state index >= 15 is 4.39 Å². The van der Waals surface area contributed by atoms with E-state index in [1.165, 1.54) is 36.4 Å². The number of rotatable bonds is 11. The van der Waals surface area contributed by atoms with Gasteiger partial charge in [-0.05, 0) is 54.7 Å². The van der Waals surface area contributed by atoms with Crippen LogP contribution >= 0.6 is 23.2 Å². The molecule has 2 aromatic carbocycles. The number of benzene rings is 2. The van der Waals surface area contributed by atoms with Crippen molar-refractivity contribution in [1.29, 1.82) is 0 Å². The van der Waals surface area contributed by atoms with Crippen LogP contribution in [0, 0.1) is 5.92 Å². The Kier molecular flexibility index (Phi) is 9.51. The van der Waals surface area contributed by atoms with Crippen LogP contribution < -0.4 is 5.32 Å². The molecule has 1 fully saturated rings. The van der Waals surface area contributed by atoms with E-state index in [2.05, 4.69) is 5.32 Å². The van der Waals surface area contributed by atoms with Crippen molar-refractivity contribution in [1.82, 2.24) is 0 Å². The second-order valence-corrected chi connectivity index (χ2v) is 10.3. The van der Waals surface area contributed by atoms with Crippen LogP contribution in [0.3, 0.4) is 0 Å². The fourth-order valence-corrected chi connectivity index (χ4v) is 4.51. The summed E-state index contributed by atoms with van der Waals surface area (Å²) in [6.45, 7) is 3.12. The Hall–Kier alpha value is -2.32. The number of nitrogens with one attached hydrogen (secondary N) is 1. The van der Waals surface area contributed by atoms with Gasteiger partial charge in [0.15, 0.2) is 0 Å². The second kappa shape index (κ2) is 12.0. The molecule has 0 spiro atoms. The maximum absolute atomic E-state index is 15.2. The maximum Gasteiger partial charge on any atom is 0.392 e. The largest absolute Gasteiger partial charge is 0.466 e. The van der Waals surface area contributed by atoms with Crippen LogP contribution in [0.4, 0.5) is 23.2 Å². The molecule has 0 heterocycles. The Labute approximate surface area is 223 Å². The summed E-state index contributed by atoms with van der Waals surface area (Å²) in [6, 6.07) is 9.96. The van der Waals surface area contributed by atoms with Crippen LogP contribution in [0.2, 0.25) is 10.0 Å². The third kappa shape index (κ3) is 7.60. The predicted octanol–water partition coefficient (Wildman–Crippen LogP) is 8.23. The van der Waals surface area contributed by atoms with Crippen molar-refractivity contribution in [2.24, 2.45) is 5.92 Å². The lowest BCUT2D eigenvalue weighted by Gasteiger charge is -2.26. The standard InChI is InChI=1S/C27H29Cl2F4NO3/c1-3-4-13-37-23(35)15-20(26(30)11-12-26)18-7-10-21(29)22(14-18)34-25(36)24(16(2)27(31,32)33)17-5-8-19(28)9-6-17/h5-10,14,16,20,24H,3-4,11-13,15H2,1-2H3,(H,34,36). The molecule has 0 saturated heterocycles. The Morgan fingerprint density at radius 2 is 1.70 bits per heavy atom. The molecule has 1 aliphatic carbocycles. The SMILES string of the molecule is CCCCOC(=O)CC(c1ccc(Cl)c(NC(=O)C(c2ccc(Cl)cc2)C(C)C(F)(F)F)c1)C1(F)CC1. The van der Waals surface area contributed by atoms with Gasteiger partial charge in [-0.2, -0.15) is 13.2 Å². The highest BCUT2D eigenvalue weighted by Gasteiger charge is 2.51. The highest BCUT2D eigenvalue weighted by molar-refractivity contribution is 6.33. The lowest BCUT2D eigenvalue weighted by Crippen LogP contribution is -2.34. The molecule has 0 bridgehead atoms. The van der Waals surface area contributed by atoms with Gasteiger partial charge in [-0.25, -0.2) is 4.39 Å². The van der Waals surface area contributed by atoms with E-state index in [1.807, 2.05) is 6.92 Å². The van der Waals surface area contributed by atoms with Crippen molar-refractivity contribution >= 4 is 40.8 Å². The zero-order chi connectivity index (χ0) is 27.4. The molecule has 0 radical (unpaired) electrons. The minimum atomic E-state index is -4.65. The summed E-state index contributed by atoms with van der Waals surface area (Å²) in [6.07, 6.45) is -2.78. The van der Waals surface area contributed by atoms with Gasteiger partial charge < -0.3 is 10.1 Å². The third-order valence-corrected chi connectivity index (χ3v) is 7.24. The molecule has 1 aliphatic rings. The topological polar surface area (TPSA) is 55.4 Å². The molecule has 1 amide bonds. The number of amides is 1. The minimum Gasteiger partial charge on any atom is -0.466 e. The van der Waals surface area contributed by atoms with Crippen LogP contribution in [-0.2, 0) is 14.3 Å². The molecule has 2 aromatic rings. The van der Waals surface area contributed by atoms with Crippen LogP contribution in [0.15, 0.2) is 42.5 Å². The fourth-order valence-electron chi connectivity index (χ4n) is 4.22. The van der Waals surface area contributed by atoms with Crippen LogP contribution in [0.25, 0.3) is 0 Å². The first-order valence-electron chi connectivity index (χ1n) is 12.1. The highest BCUT2D eigenvalue weighted by Crippen LogP contribution is 2.53. The molecule has 4 nitrogen and oxygen atoms in total. The van der Waals surface area contributed by atoms with Gasteiger partial charge in [0.05, 0.1) is 35.6 Å². The fraction of sp³-hybridized carbons (Fsp3) is 0.481. The molecule has 202 valence electrons. The Bertz CT molecular complexity index is 1100. The van der Waals surface area contributed by atoms with Gasteiger partial charge in [0, 0.05) is 10.9 Å².